The summed E-state index contributed by atoms with van der Waals surface area (Å²) in [6.45, 7) is 8.87. The molecule has 0 aromatic carbocycles. The van der Waals surface area contributed by atoms with Gasteiger partial charge < -0.3 is 9.88 Å². The van der Waals surface area contributed by atoms with Crippen LogP contribution in [0.25, 0.3) is 0 Å². The number of hydrogen-bond acceptors (Lipinski definition) is 2. The molecule has 1 aromatic rings. The van der Waals surface area contributed by atoms with Crippen molar-refractivity contribution in [1.82, 2.24) is 14.9 Å². The van der Waals surface area contributed by atoms with E-state index in [1.54, 1.807) is 0 Å². The molecular weight excluding hydrogens is 186 g/mol. The maximum atomic E-state index is 4.04. The van der Waals surface area contributed by atoms with Crippen molar-refractivity contribution in [3.05, 3.63) is 18.7 Å². The van der Waals surface area contributed by atoms with Crippen LogP contribution in [0, 0.1) is 5.92 Å². The van der Waals surface area contributed by atoms with E-state index < -0.39 is 0 Å². The molecule has 0 aliphatic heterocycles. The topological polar surface area (TPSA) is 29.9 Å². The van der Waals surface area contributed by atoms with Gasteiger partial charge in [-0.05, 0) is 19.4 Å². The third-order valence-corrected chi connectivity index (χ3v) is 2.95. The monoisotopic (exact) mass is 209 g/mol. The largest absolute Gasteiger partial charge is 0.336 e. The maximum Gasteiger partial charge on any atom is 0.0946 e. The second-order valence-corrected chi connectivity index (χ2v) is 4.25. The third kappa shape index (κ3) is 4.47. The molecule has 3 nitrogen and oxygen atoms in total. The molecule has 1 unspecified atom stereocenters. The SMILES string of the molecule is CCC(CC)CNC(C)Cn1ccnc1. The molecule has 86 valence electrons. The summed E-state index contributed by atoms with van der Waals surface area (Å²) in [7, 11) is 0. The smallest absolute Gasteiger partial charge is 0.0946 e. The minimum Gasteiger partial charge on any atom is -0.336 e. The van der Waals surface area contributed by atoms with Gasteiger partial charge in [0.05, 0.1) is 6.33 Å². The van der Waals surface area contributed by atoms with Crippen LogP contribution in [0.3, 0.4) is 0 Å². The molecule has 0 aliphatic rings. The fourth-order valence-corrected chi connectivity index (χ4v) is 1.72. The molecule has 3 heteroatoms. The van der Waals surface area contributed by atoms with Crippen LogP contribution < -0.4 is 5.32 Å². The van der Waals surface area contributed by atoms with Crippen molar-refractivity contribution < 1.29 is 0 Å². The zero-order valence-corrected chi connectivity index (χ0v) is 10.1. The average Bonchev–Trinajstić information content (AvgIpc) is 2.72. The van der Waals surface area contributed by atoms with Gasteiger partial charge in [-0.15, -0.1) is 0 Å². The predicted octanol–water partition coefficient (Wildman–Crippen LogP) is 2.30. The van der Waals surface area contributed by atoms with Crippen molar-refractivity contribution in [1.29, 1.82) is 0 Å². The van der Waals surface area contributed by atoms with Crippen LogP contribution in [0.1, 0.15) is 33.6 Å². The minimum absolute atomic E-state index is 0.514. The molecule has 15 heavy (non-hydrogen) atoms. The highest BCUT2D eigenvalue weighted by molar-refractivity contribution is 4.76. The Hall–Kier alpha value is -0.830. The van der Waals surface area contributed by atoms with E-state index in [0.29, 0.717) is 6.04 Å². The van der Waals surface area contributed by atoms with E-state index in [9.17, 15) is 0 Å². The summed E-state index contributed by atoms with van der Waals surface area (Å²) in [5, 5.41) is 3.57. The van der Waals surface area contributed by atoms with E-state index in [1.807, 2.05) is 18.7 Å². The summed E-state index contributed by atoms with van der Waals surface area (Å²) in [5.74, 6) is 0.815. The van der Waals surface area contributed by atoms with E-state index >= 15 is 0 Å². The lowest BCUT2D eigenvalue weighted by Crippen LogP contribution is -2.33. The first-order valence-electron chi connectivity index (χ1n) is 5.95. The van der Waals surface area contributed by atoms with Gasteiger partial charge in [-0.25, -0.2) is 4.98 Å². The summed E-state index contributed by atoms with van der Waals surface area (Å²) in [6, 6.07) is 0.514. The minimum atomic E-state index is 0.514. The Kier molecular flexibility index (Phi) is 5.40. The van der Waals surface area contributed by atoms with Gasteiger partial charge in [-0.2, -0.15) is 0 Å². The van der Waals surface area contributed by atoms with Gasteiger partial charge in [0.2, 0.25) is 0 Å². The van der Waals surface area contributed by atoms with Crippen LogP contribution in [0.5, 0.6) is 0 Å². The Morgan fingerprint density at radius 2 is 2.07 bits per heavy atom. The van der Waals surface area contributed by atoms with E-state index in [1.165, 1.54) is 12.8 Å². The quantitative estimate of drug-likeness (QED) is 0.746. The standard InChI is InChI=1S/C12H23N3/c1-4-12(5-2)8-14-11(3)9-15-7-6-13-10-15/h6-7,10-12,14H,4-5,8-9H2,1-3H3. The number of rotatable bonds is 7. The van der Waals surface area contributed by atoms with E-state index in [-0.39, 0.29) is 0 Å². The van der Waals surface area contributed by atoms with Gasteiger partial charge in [0, 0.05) is 25.0 Å². The summed E-state index contributed by atoms with van der Waals surface area (Å²) in [5.41, 5.74) is 0. The predicted molar refractivity (Wildman–Crippen MR) is 63.8 cm³/mol. The fraction of sp³-hybridized carbons (Fsp3) is 0.750. The number of hydrogen-bond donors (Lipinski definition) is 1. The van der Waals surface area contributed by atoms with Gasteiger partial charge in [-0.3, -0.25) is 0 Å². The van der Waals surface area contributed by atoms with Crippen molar-refractivity contribution in [3.8, 4) is 0 Å². The highest BCUT2D eigenvalue weighted by Crippen LogP contribution is 2.05. The van der Waals surface area contributed by atoms with Crippen LogP contribution >= 0.6 is 0 Å². The van der Waals surface area contributed by atoms with Crippen LogP contribution in [0.15, 0.2) is 18.7 Å². The lowest BCUT2D eigenvalue weighted by Gasteiger charge is -2.18. The Labute approximate surface area is 92.9 Å². The fourth-order valence-electron chi connectivity index (χ4n) is 1.72. The first-order valence-corrected chi connectivity index (χ1v) is 5.95. The second kappa shape index (κ2) is 6.62. The third-order valence-electron chi connectivity index (χ3n) is 2.95. The Bertz CT molecular complexity index is 239. The lowest BCUT2D eigenvalue weighted by atomic mass is 10.0. The second-order valence-electron chi connectivity index (χ2n) is 4.25. The number of nitrogens with zero attached hydrogens (tertiary/aromatic N) is 2. The summed E-state index contributed by atoms with van der Waals surface area (Å²) < 4.78 is 2.12. The Morgan fingerprint density at radius 1 is 1.33 bits per heavy atom. The molecule has 0 aliphatic carbocycles. The van der Waals surface area contributed by atoms with Gasteiger partial charge in [0.1, 0.15) is 0 Å². The molecule has 0 radical (unpaired) electrons. The highest BCUT2D eigenvalue weighted by Gasteiger charge is 2.06. The van der Waals surface area contributed by atoms with Crippen molar-refractivity contribution in [2.24, 2.45) is 5.92 Å². The molecule has 0 fully saturated rings. The molecule has 1 atom stereocenters. The number of nitrogens with one attached hydrogen (secondary N) is 1. The summed E-state index contributed by atoms with van der Waals surface area (Å²) in [6.07, 6.45) is 8.24. The van der Waals surface area contributed by atoms with Gasteiger partial charge in [0.15, 0.2) is 0 Å². The molecule has 0 saturated carbocycles. The molecule has 0 amide bonds. The van der Waals surface area contributed by atoms with Crippen molar-refractivity contribution in [2.45, 2.75) is 46.2 Å². The van der Waals surface area contributed by atoms with Crippen molar-refractivity contribution in [2.75, 3.05) is 6.54 Å². The van der Waals surface area contributed by atoms with E-state index in [2.05, 4.69) is 35.6 Å². The van der Waals surface area contributed by atoms with Crippen LogP contribution in [0.4, 0.5) is 0 Å². The molecule has 1 heterocycles. The zero-order chi connectivity index (χ0) is 11.1. The number of aromatic nitrogens is 2. The summed E-state index contributed by atoms with van der Waals surface area (Å²) >= 11 is 0. The Morgan fingerprint density at radius 3 is 2.60 bits per heavy atom. The lowest BCUT2D eigenvalue weighted by molar-refractivity contribution is 0.395. The van der Waals surface area contributed by atoms with Gasteiger partial charge in [0.25, 0.3) is 0 Å². The molecule has 1 aromatic heterocycles. The number of imidazole rings is 1. The van der Waals surface area contributed by atoms with Gasteiger partial charge in [-0.1, -0.05) is 26.7 Å². The van der Waals surface area contributed by atoms with Crippen molar-refractivity contribution in [3.63, 3.8) is 0 Å². The van der Waals surface area contributed by atoms with Crippen LogP contribution in [-0.4, -0.2) is 22.1 Å². The highest BCUT2D eigenvalue weighted by atomic mass is 15.1. The zero-order valence-electron chi connectivity index (χ0n) is 10.1. The van der Waals surface area contributed by atoms with Crippen molar-refractivity contribution >= 4 is 0 Å². The molecule has 0 spiro atoms. The van der Waals surface area contributed by atoms with Gasteiger partial charge >= 0.3 is 0 Å². The first kappa shape index (κ1) is 12.2. The first-order chi connectivity index (χ1) is 7.26. The molecule has 0 saturated heterocycles. The maximum absolute atomic E-state index is 4.04. The molecule has 1 rings (SSSR count). The molecule has 0 bridgehead atoms. The summed E-state index contributed by atoms with van der Waals surface area (Å²) in [4.78, 5) is 4.04. The average molecular weight is 209 g/mol. The normalized spacial score (nSPS) is 13.3. The molecular formula is C12H23N3. The van der Waals surface area contributed by atoms with E-state index in [4.69, 9.17) is 0 Å². The van der Waals surface area contributed by atoms with E-state index in [0.717, 1.165) is 19.0 Å². The molecule has 1 N–H and O–H groups in total. The Balaban J connectivity index is 2.21. The van der Waals surface area contributed by atoms with Crippen LogP contribution in [-0.2, 0) is 6.54 Å². The van der Waals surface area contributed by atoms with Crippen LogP contribution in [0.2, 0.25) is 0 Å².